The second-order valence-electron chi connectivity index (χ2n) is 5.69. The number of allylic oxidation sites excluding steroid dienone is 1. The van der Waals surface area contributed by atoms with Gasteiger partial charge >= 0.3 is 0 Å². The molecule has 1 N–H and O–H groups in total. The fourth-order valence-electron chi connectivity index (χ4n) is 2.54. The number of aromatic amines is 1. The predicted octanol–water partition coefficient (Wildman–Crippen LogP) is 4.05. The third-order valence-corrected chi connectivity index (χ3v) is 4.13. The number of benzene rings is 1. The smallest absolute Gasteiger partial charge is 0.278 e. The summed E-state index contributed by atoms with van der Waals surface area (Å²) in [5.41, 5.74) is 2.50. The van der Waals surface area contributed by atoms with Gasteiger partial charge in [0, 0.05) is 12.1 Å². The Kier molecular flexibility index (Phi) is 4.81. The molecular formula is C18H19ClN4O. The minimum Gasteiger partial charge on any atom is -0.295 e. The summed E-state index contributed by atoms with van der Waals surface area (Å²) in [5, 5.41) is 3.43. The Balaban J connectivity index is 1.97. The molecule has 0 amide bonds. The molecular weight excluding hydrogens is 324 g/mol. The summed E-state index contributed by atoms with van der Waals surface area (Å²) in [5.74, 6) is 0.727. The van der Waals surface area contributed by atoms with Crippen LogP contribution in [-0.4, -0.2) is 20.8 Å². The lowest BCUT2D eigenvalue weighted by Gasteiger charge is -1.99. The lowest BCUT2D eigenvalue weighted by atomic mass is 10.2. The Morgan fingerprint density at radius 2 is 2.00 bits per heavy atom. The second kappa shape index (κ2) is 7.01. The average molecular weight is 343 g/mol. The van der Waals surface area contributed by atoms with E-state index in [1.54, 1.807) is 6.08 Å². The first-order valence-corrected chi connectivity index (χ1v) is 8.39. The third-order valence-electron chi connectivity index (χ3n) is 3.85. The van der Waals surface area contributed by atoms with Crippen LogP contribution in [0.15, 0.2) is 50.8 Å². The molecule has 2 aromatic rings. The van der Waals surface area contributed by atoms with E-state index in [-0.39, 0.29) is 5.56 Å². The normalized spacial score (nSPS) is 15.7. The van der Waals surface area contributed by atoms with Gasteiger partial charge in [0.2, 0.25) is 0 Å². The maximum atomic E-state index is 12.7. The highest BCUT2D eigenvalue weighted by molar-refractivity contribution is 6.71. The molecule has 1 aliphatic rings. The van der Waals surface area contributed by atoms with Gasteiger partial charge in [-0.2, -0.15) is 0 Å². The molecule has 124 valence electrons. The van der Waals surface area contributed by atoms with E-state index in [4.69, 9.17) is 11.6 Å². The Bertz CT molecular complexity index is 887. The van der Waals surface area contributed by atoms with Gasteiger partial charge in [-0.1, -0.05) is 43.1 Å². The van der Waals surface area contributed by atoms with E-state index in [1.165, 1.54) is 4.68 Å². The Hall–Kier alpha value is -2.40. The molecule has 0 saturated heterocycles. The molecule has 0 radical (unpaired) electrons. The SMILES string of the molecule is CCCCC1=NC(=Cc2c(C)[nH]n(-c3ccccc3)c2=O)C(Cl)=N1. The van der Waals surface area contributed by atoms with Crippen LogP contribution < -0.4 is 5.56 Å². The Morgan fingerprint density at radius 1 is 1.25 bits per heavy atom. The number of aromatic nitrogens is 2. The molecule has 0 aliphatic carbocycles. The van der Waals surface area contributed by atoms with Gasteiger partial charge < -0.3 is 0 Å². The van der Waals surface area contributed by atoms with Crippen LogP contribution in [0.4, 0.5) is 0 Å². The first kappa shape index (κ1) is 16.5. The number of hydrogen-bond donors (Lipinski definition) is 1. The molecule has 0 spiro atoms. The highest BCUT2D eigenvalue weighted by atomic mass is 35.5. The number of amidine groups is 1. The van der Waals surface area contributed by atoms with E-state index in [9.17, 15) is 4.79 Å². The number of rotatable bonds is 5. The number of para-hydroxylation sites is 1. The number of halogens is 1. The van der Waals surface area contributed by atoms with Gasteiger partial charge in [0.1, 0.15) is 11.5 Å². The predicted molar refractivity (Wildman–Crippen MR) is 99.4 cm³/mol. The van der Waals surface area contributed by atoms with Crippen LogP contribution in [0.2, 0.25) is 0 Å². The molecule has 5 nitrogen and oxygen atoms in total. The van der Waals surface area contributed by atoms with E-state index in [2.05, 4.69) is 22.0 Å². The third kappa shape index (κ3) is 3.26. The van der Waals surface area contributed by atoms with Crippen molar-refractivity contribution in [2.24, 2.45) is 9.98 Å². The zero-order valence-corrected chi connectivity index (χ0v) is 14.5. The van der Waals surface area contributed by atoms with E-state index >= 15 is 0 Å². The largest absolute Gasteiger partial charge is 0.295 e. The summed E-state index contributed by atoms with van der Waals surface area (Å²) in [6.07, 6.45) is 4.59. The van der Waals surface area contributed by atoms with E-state index in [0.29, 0.717) is 16.4 Å². The van der Waals surface area contributed by atoms with Crippen molar-refractivity contribution in [3.8, 4) is 5.69 Å². The zero-order valence-electron chi connectivity index (χ0n) is 13.7. The number of nitrogens with zero attached hydrogens (tertiary/aromatic N) is 3. The minimum absolute atomic E-state index is 0.132. The first-order valence-electron chi connectivity index (χ1n) is 8.01. The van der Waals surface area contributed by atoms with E-state index in [1.807, 2.05) is 37.3 Å². The van der Waals surface area contributed by atoms with Crippen molar-refractivity contribution in [2.45, 2.75) is 33.1 Å². The monoisotopic (exact) mass is 342 g/mol. The lowest BCUT2D eigenvalue weighted by Crippen LogP contribution is -2.15. The minimum atomic E-state index is -0.132. The summed E-state index contributed by atoms with van der Waals surface area (Å²) in [6.45, 7) is 3.97. The van der Waals surface area contributed by atoms with Crippen LogP contribution in [0.3, 0.4) is 0 Å². The molecule has 2 heterocycles. The number of unbranched alkanes of at least 4 members (excludes halogenated alkanes) is 1. The Morgan fingerprint density at radius 3 is 2.71 bits per heavy atom. The van der Waals surface area contributed by atoms with Crippen LogP contribution in [0.25, 0.3) is 11.8 Å². The van der Waals surface area contributed by atoms with Crippen LogP contribution in [-0.2, 0) is 0 Å². The summed E-state index contributed by atoms with van der Waals surface area (Å²) in [6, 6.07) is 9.44. The second-order valence-corrected chi connectivity index (χ2v) is 6.05. The molecule has 6 heteroatoms. The molecule has 24 heavy (non-hydrogen) atoms. The van der Waals surface area contributed by atoms with Gasteiger partial charge in [0.15, 0.2) is 5.17 Å². The van der Waals surface area contributed by atoms with Gasteiger partial charge in [-0.05, 0) is 31.6 Å². The van der Waals surface area contributed by atoms with Crippen LogP contribution >= 0.6 is 11.6 Å². The fraction of sp³-hybridized carbons (Fsp3) is 0.278. The summed E-state index contributed by atoms with van der Waals surface area (Å²) in [4.78, 5) is 21.4. The van der Waals surface area contributed by atoms with Crippen molar-refractivity contribution in [3.63, 3.8) is 0 Å². The maximum Gasteiger partial charge on any atom is 0.278 e. The van der Waals surface area contributed by atoms with Crippen molar-refractivity contribution < 1.29 is 0 Å². The highest BCUT2D eigenvalue weighted by Gasteiger charge is 2.17. The molecule has 1 aromatic carbocycles. The van der Waals surface area contributed by atoms with Crippen molar-refractivity contribution in [1.82, 2.24) is 9.78 Å². The molecule has 0 fully saturated rings. The topological polar surface area (TPSA) is 62.5 Å². The van der Waals surface area contributed by atoms with Crippen molar-refractivity contribution in [1.29, 1.82) is 0 Å². The van der Waals surface area contributed by atoms with Crippen molar-refractivity contribution in [3.05, 3.63) is 57.6 Å². The molecule has 0 unspecified atom stereocenters. The molecule has 3 rings (SSSR count). The summed E-state index contributed by atoms with van der Waals surface area (Å²) in [7, 11) is 0. The van der Waals surface area contributed by atoms with Gasteiger partial charge in [0.05, 0.1) is 11.3 Å². The van der Waals surface area contributed by atoms with Crippen LogP contribution in [0.5, 0.6) is 0 Å². The maximum absolute atomic E-state index is 12.7. The van der Waals surface area contributed by atoms with Crippen molar-refractivity contribution in [2.75, 3.05) is 0 Å². The summed E-state index contributed by atoms with van der Waals surface area (Å²) < 4.78 is 1.52. The van der Waals surface area contributed by atoms with Gasteiger partial charge in [-0.3, -0.25) is 9.89 Å². The molecule has 1 aliphatic heterocycles. The number of H-pyrrole nitrogens is 1. The highest BCUT2D eigenvalue weighted by Crippen LogP contribution is 2.20. The van der Waals surface area contributed by atoms with Crippen LogP contribution in [0.1, 0.15) is 37.4 Å². The Labute approximate surface area is 145 Å². The summed E-state index contributed by atoms with van der Waals surface area (Å²) >= 11 is 6.18. The molecule has 0 bridgehead atoms. The number of nitrogens with one attached hydrogen (secondary N) is 1. The van der Waals surface area contributed by atoms with Gasteiger partial charge in [-0.25, -0.2) is 14.7 Å². The first-order chi connectivity index (χ1) is 11.6. The van der Waals surface area contributed by atoms with E-state index < -0.39 is 0 Å². The molecule has 1 aromatic heterocycles. The van der Waals surface area contributed by atoms with Gasteiger partial charge in [0.25, 0.3) is 5.56 Å². The average Bonchev–Trinajstić information content (AvgIpc) is 3.08. The van der Waals surface area contributed by atoms with Crippen LogP contribution in [0, 0.1) is 6.92 Å². The number of aliphatic imine (C=N–C) groups is 2. The number of aryl methyl sites for hydroxylation is 1. The lowest BCUT2D eigenvalue weighted by molar-refractivity contribution is 0.832. The van der Waals surface area contributed by atoms with Gasteiger partial charge in [-0.15, -0.1) is 0 Å². The fourth-order valence-corrected chi connectivity index (χ4v) is 2.74. The number of hydrogen-bond acceptors (Lipinski definition) is 3. The van der Waals surface area contributed by atoms with Crippen molar-refractivity contribution >= 4 is 28.7 Å². The zero-order chi connectivity index (χ0) is 17.1. The van der Waals surface area contributed by atoms with E-state index in [0.717, 1.165) is 36.5 Å². The quantitative estimate of drug-likeness (QED) is 0.875. The standard InChI is InChI=1S/C18H19ClN4O/c1-3-4-10-16-20-15(17(19)21-16)11-14-12(2)22-23(18(14)24)13-8-6-5-7-9-13/h5-9,11,22H,3-4,10H2,1-2H3. The molecule has 0 atom stereocenters. The molecule has 0 saturated carbocycles.